The van der Waals surface area contributed by atoms with Crippen molar-refractivity contribution in [3.8, 4) is 0 Å². The Labute approximate surface area is 267 Å². The van der Waals surface area contributed by atoms with Crippen molar-refractivity contribution in [1.82, 2.24) is 30.4 Å². The van der Waals surface area contributed by atoms with E-state index >= 15 is 0 Å². The monoisotopic (exact) mass is 607 g/mol. The third-order valence-corrected chi connectivity index (χ3v) is 7.80. The van der Waals surface area contributed by atoms with E-state index in [0.29, 0.717) is 5.57 Å². The molecule has 1 unspecified atom stereocenters. The van der Waals surface area contributed by atoms with Crippen molar-refractivity contribution >= 4 is 116 Å². The Morgan fingerprint density at radius 1 is 1.39 bits per heavy atom. The number of rotatable bonds is 10. The van der Waals surface area contributed by atoms with Gasteiger partial charge in [0.05, 0.1) is 6.26 Å². The van der Waals surface area contributed by atoms with Crippen LogP contribution in [0.4, 0.5) is 0 Å². The fraction of sp³-hybridized carbons (Fsp3) is 0.353. The maximum absolute atomic E-state index is 12.9. The molecule has 2 aliphatic heterocycles. The molecule has 0 aliphatic carbocycles. The van der Waals surface area contributed by atoms with Gasteiger partial charge in [0.1, 0.15) is 24.2 Å². The number of carboxylic acid groups (broad SMARTS) is 1. The summed E-state index contributed by atoms with van der Waals surface area (Å²) in [5.41, 5.74) is -0.0684. The number of tetrazole rings is 1. The van der Waals surface area contributed by atoms with Crippen LogP contribution in [-0.4, -0.2) is 156 Å². The van der Waals surface area contributed by atoms with Gasteiger partial charge in [0, 0.05) is 11.5 Å². The van der Waals surface area contributed by atoms with Gasteiger partial charge in [0.2, 0.25) is 10.9 Å². The van der Waals surface area contributed by atoms with E-state index in [2.05, 4.69) is 30.8 Å². The van der Waals surface area contributed by atoms with Crippen molar-refractivity contribution in [1.29, 1.82) is 0 Å². The Kier molecular flexibility index (Phi) is 11.9. The number of aliphatic carboxylic acids is 1. The molecule has 2 amide bonds. The van der Waals surface area contributed by atoms with Crippen LogP contribution in [0.25, 0.3) is 0 Å². The maximum atomic E-state index is 12.9. The molecule has 1 fully saturated rings. The van der Waals surface area contributed by atoms with E-state index in [0.717, 1.165) is 21.3 Å². The molecule has 1 saturated heterocycles. The van der Waals surface area contributed by atoms with E-state index in [4.69, 9.17) is 8.97 Å². The van der Waals surface area contributed by atoms with Crippen LogP contribution in [0, 0.1) is 0 Å². The number of amides is 2. The van der Waals surface area contributed by atoms with Gasteiger partial charge >= 0.3 is 65.1 Å². The molecular weight excluding hydrogens is 588 g/mol. The van der Waals surface area contributed by atoms with Gasteiger partial charge in [-0.25, -0.2) is 9.48 Å². The number of carboxylic acids is 1. The summed E-state index contributed by atoms with van der Waals surface area (Å²) in [5.74, 6) is -3.24. The van der Waals surface area contributed by atoms with Crippen LogP contribution in [-0.2, 0) is 35.2 Å². The number of fused-ring (bicyclic) bond motifs is 1. The molecule has 2 aromatic heterocycles. The first-order valence-electron chi connectivity index (χ1n) is 9.80. The molecule has 2 aromatic rings. The zero-order chi connectivity index (χ0) is 26.0. The van der Waals surface area contributed by atoms with Crippen molar-refractivity contribution in [2.45, 2.75) is 22.4 Å². The summed E-state index contributed by atoms with van der Waals surface area (Å²) in [6.45, 7) is 0. The summed E-state index contributed by atoms with van der Waals surface area (Å²) in [6.07, 6.45) is 1.34. The summed E-state index contributed by atoms with van der Waals surface area (Å²) in [7, 11) is -3.16. The van der Waals surface area contributed by atoms with Crippen LogP contribution in [0.3, 0.4) is 0 Å². The molecule has 2 aliphatic rings. The molecule has 0 spiro atoms. The van der Waals surface area contributed by atoms with E-state index in [9.17, 15) is 27.9 Å². The van der Waals surface area contributed by atoms with Crippen molar-refractivity contribution in [2.24, 2.45) is 5.16 Å². The van der Waals surface area contributed by atoms with E-state index in [1.165, 1.54) is 31.2 Å². The standard InChI is InChI=1S/C17H17N7O9S3.2Na.2H/c1-32-20-10(9-3-2-4-33-9)13(25)18-11-14(26)24-12(16(27)28)8(5-34-15(11)24)6-35-17-19-21-22-23(17)7-36(29,30)31;;;;/h2-4,11,15H,5-7H2,1H3,(H,18,25)(H,27,28)(H,29,30,31);;;;/b20-10+;;;;/t11?,15-;;;;/m1..../s1. The number of hydrogen-bond acceptors (Lipinski definition) is 13. The first-order valence-corrected chi connectivity index (χ1v) is 13.4. The van der Waals surface area contributed by atoms with Gasteiger partial charge in [-0.1, -0.05) is 16.9 Å². The number of furan rings is 1. The van der Waals surface area contributed by atoms with Gasteiger partial charge in [-0.3, -0.25) is 19.0 Å². The summed E-state index contributed by atoms with van der Waals surface area (Å²) >= 11 is 2.18. The summed E-state index contributed by atoms with van der Waals surface area (Å²) in [4.78, 5) is 43.4. The number of oxime groups is 1. The van der Waals surface area contributed by atoms with Gasteiger partial charge in [-0.05, 0) is 28.1 Å². The predicted molar refractivity (Wildman–Crippen MR) is 136 cm³/mol. The number of aromatic nitrogens is 4. The second-order valence-electron chi connectivity index (χ2n) is 7.18. The van der Waals surface area contributed by atoms with Crippen LogP contribution in [0.1, 0.15) is 5.76 Å². The Morgan fingerprint density at radius 2 is 2.13 bits per heavy atom. The molecule has 196 valence electrons. The molecule has 38 heavy (non-hydrogen) atoms. The molecule has 21 heteroatoms. The first kappa shape index (κ1) is 32.8. The fourth-order valence-corrected chi connectivity index (χ4v) is 6.32. The number of nitrogens with zero attached hydrogens (tertiary/aromatic N) is 6. The minimum absolute atomic E-state index is 0. The molecule has 2 atom stereocenters. The molecular formula is C17H19N7Na2O9S3. The second kappa shape index (κ2) is 13.8. The van der Waals surface area contributed by atoms with Crippen molar-refractivity contribution in [3.05, 3.63) is 35.4 Å². The van der Waals surface area contributed by atoms with E-state index in [-0.39, 0.29) is 92.9 Å². The molecule has 4 rings (SSSR count). The molecule has 16 nitrogen and oxygen atoms in total. The fourth-order valence-electron chi connectivity index (χ4n) is 3.39. The Balaban J connectivity index is 0.00000253. The topological polar surface area (TPSA) is 219 Å². The molecule has 0 radical (unpaired) electrons. The van der Waals surface area contributed by atoms with E-state index < -0.39 is 45.2 Å². The zero-order valence-corrected chi connectivity index (χ0v) is 20.6. The second-order valence-corrected chi connectivity index (χ2v) is 10.6. The molecule has 3 N–H and O–H groups in total. The number of nitrogens with one attached hydrogen (secondary N) is 1. The Morgan fingerprint density at radius 3 is 2.74 bits per heavy atom. The van der Waals surface area contributed by atoms with Crippen LogP contribution in [0.5, 0.6) is 0 Å². The average Bonchev–Trinajstić information content (AvgIpc) is 3.50. The summed E-state index contributed by atoms with van der Waals surface area (Å²) in [5, 5.41) is 25.8. The minimum atomic E-state index is -4.40. The van der Waals surface area contributed by atoms with Crippen molar-refractivity contribution in [3.63, 3.8) is 0 Å². The van der Waals surface area contributed by atoms with Crippen LogP contribution >= 0.6 is 23.5 Å². The SMILES string of the molecule is CO/N=C(/C(=O)NC1C(=O)N2C(C(=O)O)=C(CSc3nnnn3CS(=O)(=O)O)CS[C@H]12)c1ccco1.[NaH].[NaH]. The Hall–Kier alpha value is -1.42. The zero-order valence-electron chi connectivity index (χ0n) is 18.2. The predicted octanol–water partition coefficient (Wildman–Crippen LogP) is -2.30. The molecule has 0 saturated carbocycles. The van der Waals surface area contributed by atoms with E-state index in [1.54, 1.807) is 6.07 Å². The Bertz CT molecular complexity index is 1360. The number of thioether (sulfide) groups is 2. The third-order valence-electron chi connectivity index (χ3n) is 4.85. The third kappa shape index (κ3) is 7.20. The van der Waals surface area contributed by atoms with Gasteiger partial charge in [-0.15, -0.1) is 16.9 Å². The summed E-state index contributed by atoms with van der Waals surface area (Å²) in [6, 6.07) is 2.03. The number of hydrogen-bond donors (Lipinski definition) is 3. The van der Waals surface area contributed by atoms with Gasteiger partial charge in [0.25, 0.3) is 21.9 Å². The molecule has 0 aromatic carbocycles. The van der Waals surface area contributed by atoms with Crippen LogP contribution in [0.15, 0.2) is 44.4 Å². The quantitative estimate of drug-likeness (QED) is 0.0646. The van der Waals surface area contributed by atoms with Gasteiger partial charge < -0.3 is 19.7 Å². The normalized spacial score (nSPS) is 19.1. The van der Waals surface area contributed by atoms with Crippen LogP contribution < -0.4 is 5.32 Å². The first-order chi connectivity index (χ1) is 17.1. The number of β-lactam (4-membered cyclic amide) rings is 1. The van der Waals surface area contributed by atoms with Crippen LogP contribution in [0.2, 0.25) is 0 Å². The number of carbonyl (C=O) groups excluding carboxylic acids is 2. The molecule has 4 heterocycles. The average molecular weight is 608 g/mol. The summed E-state index contributed by atoms with van der Waals surface area (Å²) < 4.78 is 37.3. The van der Waals surface area contributed by atoms with Gasteiger partial charge in [0.15, 0.2) is 11.6 Å². The van der Waals surface area contributed by atoms with Gasteiger partial charge in [-0.2, -0.15) is 8.42 Å². The van der Waals surface area contributed by atoms with Crippen molar-refractivity contribution < 1.29 is 41.7 Å². The van der Waals surface area contributed by atoms with Crippen molar-refractivity contribution in [2.75, 3.05) is 18.6 Å². The number of carbonyl (C=O) groups is 3. The van der Waals surface area contributed by atoms with E-state index in [1.807, 2.05) is 0 Å². The molecule has 0 bridgehead atoms.